The molecule has 43 heavy (non-hydrogen) atoms. The number of tetrazole rings is 1. The Hall–Kier alpha value is -4.45. The molecule has 0 unspecified atom stereocenters. The first-order valence-electron chi connectivity index (χ1n) is 14.3. The fourth-order valence-corrected chi connectivity index (χ4v) is 4.49. The Morgan fingerprint density at radius 1 is 0.930 bits per heavy atom. The van der Waals surface area contributed by atoms with Crippen molar-refractivity contribution >= 4 is 11.8 Å². The second kappa shape index (κ2) is 15.1. The van der Waals surface area contributed by atoms with Crippen LogP contribution in [0.3, 0.4) is 0 Å². The van der Waals surface area contributed by atoms with E-state index in [2.05, 4.69) is 36.6 Å². The molecule has 0 fully saturated rings. The number of benzene rings is 3. The number of rotatable bonds is 15. The summed E-state index contributed by atoms with van der Waals surface area (Å²) in [6.45, 7) is 6.38. The van der Waals surface area contributed by atoms with Crippen molar-refractivity contribution in [1.82, 2.24) is 36.6 Å². The van der Waals surface area contributed by atoms with E-state index >= 15 is 0 Å². The van der Waals surface area contributed by atoms with Gasteiger partial charge < -0.3 is 25.8 Å². The molecule has 1 heterocycles. The molecule has 0 saturated heterocycles. The Morgan fingerprint density at radius 3 is 2.30 bits per heavy atom. The van der Waals surface area contributed by atoms with Gasteiger partial charge in [0, 0.05) is 30.6 Å². The molecule has 0 radical (unpaired) electrons. The molecule has 11 nitrogen and oxygen atoms in total. The number of carbonyl (C=O) groups is 2. The van der Waals surface area contributed by atoms with E-state index in [0.29, 0.717) is 18.9 Å². The molecule has 0 saturated carbocycles. The fourth-order valence-electron chi connectivity index (χ4n) is 4.49. The molecule has 4 rings (SSSR count). The number of carbonyl (C=O) groups excluding carboxylic acids is 2. The van der Waals surface area contributed by atoms with E-state index in [0.717, 1.165) is 27.8 Å². The normalized spacial score (nSPS) is 12.8. The zero-order valence-corrected chi connectivity index (χ0v) is 24.7. The Balaban J connectivity index is 1.35. The lowest BCUT2D eigenvalue weighted by Gasteiger charge is -2.28. The molecule has 2 amide bonds. The van der Waals surface area contributed by atoms with Gasteiger partial charge in [-0.25, -0.2) is 0 Å². The maximum Gasteiger partial charge on any atom is 0.224 e. The minimum Gasteiger partial charge on any atom is -0.392 e. The summed E-state index contributed by atoms with van der Waals surface area (Å²) in [5.41, 5.74) is 4.12. The highest BCUT2D eigenvalue weighted by molar-refractivity contribution is 5.81. The minimum atomic E-state index is -0.815. The van der Waals surface area contributed by atoms with Gasteiger partial charge in [-0.05, 0) is 48.2 Å². The van der Waals surface area contributed by atoms with Crippen molar-refractivity contribution in [1.29, 1.82) is 0 Å². The van der Waals surface area contributed by atoms with E-state index < -0.39 is 17.9 Å². The van der Waals surface area contributed by atoms with Crippen molar-refractivity contribution < 1.29 is 19.4 Å². The van der Waals surface area contributed by atoms with E-state index in [1.165, 1.54) is 0 Å². The lowest BCUT2D eigenvalue weighted by atomic mass is 9.98. The second-order valence-corrected chi connectivity index (χ2v) is 11.1. The molecule has 2 atom stereocenters. The maximum absolute atomic E-state index is 12.9. The van der Waals surface area contributed by atoms with E-state index in [1.807, 2.05) is 92.7 Å². The van der Waals surface area contributed by atoms with Crippen molar-refractivity contribution in [2.24, 2.45) is 0 Å². The summed E-state index contributed by atoms with van der Waals surface area (Å²) in [6, 6.07) is 25.3. The molecule has 0 aliphatic rings. The van der Waals surface area contributed by atoms with Gasteiger partial charge in [0.1, 0.15) is 6.23 Å². The number of aliphatic hydroxyl groups excluding tert-OH is 1. The van der Waals surface area contributed by atoms with Crippen LogP contribution >= 0.6 is 0 Å². The zero-order valence-electron chi connectivity index (χ0n) is 24.7. The molecule has 0 aliphatic carbocycles. The number of aliphatic hydroxyl groups is 1. The van der Waals surface area contributed by atoms with Gasteiger partial charge in [0.05, 0.1) is 19.1 Å². The van der Waals surface area contributed by atoms with Crippen LogP contribution in [0.4, 0.5) is 0 Å². The summed E-state index contributed by atoms with van der Waals surface area (Å²) in [5.74, 6) is 0.00433. The maximum atomic E-state index is 12.9. The van der Waals surface area contributed by atoms with Gasteiger partial charge in [-0.1, -0.05) is 78.9 Å². The van der Waals surface area contributed by atoms with Crippen LogP contribution in [0.25, 0.3) is 22.5 Å². The summed E-state index contributed by atoms with van der Waals surface area (Å²) in [6.07, 6.45) is -1.24. The van der Waals surface area contributed by atoms with Gasteiger partial charge in [-0.15, -0.1) is 10.2 Å². The quantitative estimate of drug-likeness (QED) is 0.133. The molecule has 0 spiro atoms. The molecule has 1 aromatic heterocycles. The largest absolute Gasteiger partial charge is 0.392 e. The standard InChI is InChI=1S/C32H39N7O4/c1-22(40)19-34-32(2,3)18-29(42)35-30(43-21-24-9-5-4-6-10-24)17-28(41)33-20-23-13-15-25(16-14-23)26-11-7-8-12-27(26)31-36-38-39-37-31/h4-16,22,30,34,40H,17-21H2,1-3H3,(H,33,41)(H,35,42)(H,36,37,38,39)/t22-,30-/m1/s1. The predicted octanol–water partition coefficient (Wildman–Crippen LogP) is 3.34. The molecule has 0 aliphatic heterocycles. The second-order valence-electron chi connectivity index (χ2n) is 11.1. The highest BCUT2D eigenvalue weighted by atomic mass is 16.5. The topological polar surface area (TPSA) is 154 Å². The number of amides is 2. The number of nitrogens with one attached hydrogen (secondary N) is 4. The van der Waals surface area contributed by atoms with Crippen LogP contribution in [0, 0.1) is 0 Å². The third-order valence-corrected chi connectivity index (χ3v) is 6.73. The number of β-amino-alcohol motifs (C(OH)–C–C–N with tert-alkyl or cyclic N) is 1. The first-order chi connectivity index (χ1) is 20.7. The Bertz CT molecular complexity index is 1440. The minimum absolute atomic E-state index is 0.0454. The highest BCUT2D eigenvalue weighted by Crippen LogP contribution is 2.29. The van der Waals surface area contributed by atoms with E-state index in [4.69, 9.17) is 4.74 Å². The van der Waals surface area contributed by atoms with Crippen molar-refractivity contribution in [3.05, 3.63) is 90.0 Å². The molecule has 226 valence electrons. The first-order valence-corrected chi connectivity index (χ1v) is 14.3. The van der Waals surface area contributed by atoms with Crippen LogP contribution in [-0.4, -0.2) is 62.0 Å². The van der Waals surface area contributed by atoms with Crippen molar-refractivity contribution in [2.45, 2.75) is 64.6 Å². The summed E-state index contributed by atoms with van der Waals surface area (Å²) < 4.78 is 5.97. The van der Waals surface area contributed by atoms with Gasteiger partial charge in [-0.3, -0.25) is 9.59 Å². The summed E-state index contributed by atoms with van der Waals surface area (Å²) in [4.78, 5) is 25.8. The molecular formula is C32H39N7O4. The first kappa shape index (κ1) is 31.5. The average molecular weight is 586 g/mol. The Kier molecular flexibility index (Phi) is 11.1. The molecule has 4 aromatic rings. The van der Waals surface area contributed by atoms with Crippen LogP contribution in [0.5, 0.6) is 0 Å². The smallest absolute Gasteiger partial charge is 0.224 e. The average Bonchev–Trinajstić information content (AvgIpc) is 3.54. The third-order valence-electron chi connectivity index (χ3n) is 6.73. The number of ether oxygens (including phenoxy) is 1. The number of aromatic amines is 1. The van der Waals surface area contributed by atoms with Gasteiger partial charge in [0.2, 0.25) is 17.6 Å². The number of nitrogens with zero attached hydrogens (tertiary/aromatic N) is 3. The van der Waals surface area contributed by atoms with E-state index in [9.17, 15) is 14.7 Å². The Morgan fingerprint density at radius 2 is 1.63 bits per heavy atom. The fraction of sp³-hybridized carbons (Fsp3) is 0.344. The molecule has 0 bridgehead atoms. The third kappa shape index (κ3) is 10.1. The molecular weight excluding hydrogens is 546 g/mol. The molecule has 5 N–H and O–H groups in total. The van der Waals surface area contributed by atoms with Gasteiger partial charge in [0.15, 0.2) is 0 Å². The van der Waals surface area contributed by atoms with Crippen molar-refractivity contribution in [2.75, 3.05) is 6.54 Å². The summed E-state index contributed by atoms with van der Waals surface area (Å²) >= 11 is 0. The highest BCUT2D eigenvalue weighted by Gasteiger charge is 2.25. The van der Waals surface area contributed by atoms with Gasteiger partial charge >= 0.3 is 0 Å². The SMILES string of the molecule is C[C@@H](O)CNC(C)(C)CC(=O)N[C@@H](CC(=O)NCc1ccc(-c2ccccc2-c2nn[nH]n2)cc1)OCc1ccccc1. The number of hydrogen-bond acceptors (Lipinski definition) is 8. The van der Waals surface area contributed by atoms with Crippen LogP contribution in [0.1, 0.15) is 44.7 Å². The monoisotopic (exact) mass is 585 g/mol. The summed E-state index contributed by atoms with van der Waals surface area (Å²) in [7, 11) is 0. The van der Waals surface area contributed by atoms with Crippen LogP contribution in [0.15, 0.2) is 78.9 Å². The van der Waals surface area contributed by atoms with Crippen LogP contribution < -0.4 is 16.0 Å². The van der Waals surface area contributed by atoms with E-state index in [-0.39, 0.29) is 31.3 Å². The van der Waals surface area contributed by atoms with Gasteiger partial charge in [0.25, 0.3) is 0 Å². The lowest BCUT2D eigenvalue weighted by molar-refractivity contribution is -0.131. The lowest BCUT2D eigenvalue weighted by Crippen LogP contribution is -2.48. The van der Waals surface area contributed by atoms with E-state index in [1.54, 1.807) is 6.92 Å². The summed E-state index contributed by atoms with van der Waals surface area (Å²) in [5, 5.41) is 32.9. The van der Waals surface area contributed by atoms with Crippen molar-refractivity contribution in [3.8, 4) is 22.5 Å². The number of H-pyrrole nitrogens is 1. The molecule has 11 heteroatoms. The zero-order chi connectivity index (χ0) is 30.7. The Labute approximate surface area is 251 Å². The van der Waals surface area contributed by atoms with Crippen LogP contribution in [0.2, 0.25) is 0 Å². The predicted molar refractivity (Wildman–Crippen MR) is 163 cm³/mol. The van der Waals surface area contributed by atoms with Crippen molar-refractivity contribution in [3.63, 3.8) is 0 Å². The molecule has 3 aromatic carbocycles. The number of hydrogen-bond donors (Lipinski definition) is 5. The number of aromatic nitrogens is 4. The van der Waals surface area contributed by atoms with Gasteiger partial charge in [-0.2, -0.15) is 5.21 Å². The van der Waals surface area contributed by atoms with Crippen LogP contribution in [-0.2, 0) is 27.5 Å².